The molecule has 1 amide bonds. The van der Waals surface area contributed by atoms with Gasteiger partial charge in [0.2, 0.25) is 0 Å². The van der Waals surface area contributed by atoms with Gasteiger partial charge in [-0.05, 0) is 23.8 Å². The van der Waals surface area contributed by atoms with Crippen molar-refractivity contribution < 1.29 is 9.78 Å². The molecule has 0 radical (unpaired) electrons. The molecule has 0 aromatic carbocycles. The molecule has 2 aromatic rings. The monoisotopic (exact) mass is 333 g/mol. The Hall–Kier alpha value is -3.48. The highest BCUT2D eigenvalue weighted by molar-refractivity contribution is 6.04. The second-order valence-electron chi connectivity index (χ2n) is 5.69. The maximum atomic E-state index is 12.7. The molecule has 0 saturated carbocycles. The lowest BCUT2D eigenvalue weighted by atomic mass is 10.1. The zero-order valence-corrected chi connectivity index (χ0v) is 13.4. The lowest BCUT2D eigenvalue weighted by Crippen LogP contribution is -2.37. The zero-order valence-electron chi connectivity index (χ0n) is 13.4. The lowest BCUT2D eigenvalue weighted by Gasteiger charge is -2.25. The Balaban J connectivity index is 1.56. The number of nitrogens with zero attached hydrogens (tertiary/aromatic N) is 3. The standard InChI is InChI=1S/C18H16N6O/c25-18(22-15-6-9-20-12-21-15)17-14-3-1-2-10-24(14)16(23-17)11-13-4-7-19-8-5-13/h1-10,12,16,23H,11H2,(H,20,21,22,25)/p+1. The quantitative estimate of drug-likeness (QED) is 0.872. The second-order valence-corrected chi connectivity index (χ2v) is 5.69. The molecule has 0 spiro atoms. The maximum Gasteiger partial charge on any atom is 0.275 e. The first kappa shape index (κ1) is 15.1. The number of H-pyrrole nitrogens is 1. The predicted octanol–water partition coefficient (Wildman–Crippen LogP) is 0.998. The topological polar surface area (TPSA) is 84.3 Å². The van der Waals surface area contributed by atoms with Crippen molar-refractivity contribution in [2.24, 2.45) is 0 Å². The van der Waals surface area contributed by atoms with Gasteiger partial charge in [0, 0.05) is 31.0 Å². The molecular weight excluding hydrogens is 316 g/mol. The van der Waals surface area contributed by atoms with Crippen LogP contribution in [0.2, 0.25) is 0 Å². The molecule has 7 nitrogen and oxygen atoms in total. The van der Waals surface area contributed by atoms with Crippen LogP contribution < -0.4 is 15.6 Å². The van der Waals surface area contributed by atoms with E-state index in [0.29, 0.717) is 11.5 Å². The second kappa shape index (κ2) is 6.56. The van der Waals surface area contributed by atoms with E-state index in [0.717, 1.165) is 12.1 Å². The number of hydrogen-bond acceptors (Lipinski definition) is 5. The number of aromatic nitrogens is 3. The number of pyridine rings is 1. The summed E-state index contributed by atoms with van der Waals surface area (Å²) in [4.78, 5) is 25.7. The highest BCUT2D eigenvalue weighted by Crippen LogP contribution is 2.27. The van der Waals surface area contributed by atoms with Crippen molar-refractivity contribution in [3.8, 4) is 0 Å². The van der Waals surface area contributed by atoms with Crippen molar-refractivity contribution in [2.45, 2.75) is 12.6 Å². The molecule has 1 unspecified atom stereocenters. The smallest absolute Gasteiger partial charge is 0.275 e. The molecule has 0 saturated heterocycles. The van der Waals surface area contributed by atoms with E-state index >= 15 is 0 Å². The van der Waals surface area contributed by atoms with E-state index in [2.05, 4.69) is 30.5 Å². The van der Waals surface area contributed by atoms with Crippen LogP contribution >= 0.6 is 0 Å². The van der Waals surface area contributed by atoms with Gasteiger partial charge in [-0.1, -0.05) is 6.08 Å². The summed E-state index contributed by atoms with van der Waals surface area (Å²) in [6, 6.07) is 5.72. The third-order valence-corrected chi connectivity index (χ3v) is 4.06. The molecule has 2 aliphatic heterocycles. The molecule has 3 N–H and O–H groups in total. The average molecular weight is 333 g/mol. The van der Waals surface area contributed by atoms with Gasteiger partial charge < -0.3 is 15.5 Å². The van der Waals surface area contributed by atoms with Crippen LogP contribution in [0.3, 0.4) is 0 Å². The van der Waals surface area contributed by atoms with Gasteiger partial charge in [-0.15, -0.1) is 0 Å². The Morgan fingerprint density at radius 3 is 2.96 bits per heavy atom. The Morgan fingerprint density at radius 2 is 2.16 bits per heavy atom. The molecule has 0 aliphatic carbocycles. The van der Waals surface area contributed by atoms with E-state index in [1.54, 1.807) is 12.3 Å². The Morgan fingerprint density at radius 1 is 1.28 bits per heavy atom. The largest absolute Gasteiger partial charge is 0.358 e. The fourth-order valence-corrected chi connectivity index (χ4v) is 2.91. The van der Waals surface area contributed by atoms with Crippen LogP contribution in [0.5, 0.6) is 0 Å². The predicted molar refractivity (Wildman–Crippen MR) is 91.4 cm³/mol. The van der Waals surface area contributed by atoms with Crippen molar-refractivity contribution in [3.05, 3.63) is 84.5 Å². The van der Waals surface area contributed by atoms with E-state index in [1.165, 1.54) is 11.9 Å². The van der Waals surface area contributed by atoms with E-state index in [1.807, 2.05) is 49.0 Å². The van der Waals surface area contributed by atoms with Gasteiger partial charge in [-0.25, -0.2) is 15.0 Å². The van der Waals surface area contributed by atoms with E-state index < -0.39 is 0 Å². The normalized spacial score (nSPS) is 18.1. The van der Waals surface area contributed by atoms with Crippen LogP contribution in [0.25, 0.3) is 0 Å². The van der Waals surface area contributed by atoms with Crippen LogP contribution in [0, 0.1) is 0 Å². The van der Waals surface area contributed by atoms with Gasteiger partial charge >= 0.3 is 0 Å². The molecule has 1 atom stereocenters. The van der Waals surface area contributed by atoms with Crippen molar-refractivity contribution in [1.29, 1.82) is 0 Å². The van der Waals surface area contributed by atoms with Gasteiger partial charge in [0.25, 0.3) is 5.91 Å². The molecule has 4 rings (SSSR count). The van der Waals surface area contributed by atoms with Crippen LogP contribution in [-0.2, 0) is 11.2 Å². The number of allylic oxidation sites excluding steroid dienone is 3. The first-order valence-corrected chi connectivity index (χ1v) is 7.97. The number of rotatable bonds is 4. The summed E-state index contributed by atoms with van der Waals surface area (Å²) in [5, 5.41) is 6.14. The molecule has 4 heterocycles. The maximum absolute atomic E-state index is 12.7. The highest BCUT2D eigenvalue weighted by Gasteiger charge is 2.33. The molecule has 124 valence electrons. The summed E-state index contributed by atoms with van der Waals surface area (Å²) in [6.45, 7) is 0. The minimum absolute atomic E-state index is 0.0234. The van der Waals surface area contributed by atoms with Crippen molar-refractivity contribution in [2.75, 3.05) is 5.32 Å². The van der Waals surface area contributed by atoms with Crippen molar-refractivity contribution >= 4 is 11.7 Å². The molecule has 0 fully saturated rings. The number of fused-ring (bicyclic) bond motifs is 1. The minimum Gasteiger partial charge on any atom is -0.358 e. The van der Waals surface area contributed by atoms with Crippen LogP contribution in [-0.4, -0.2) is 26.9 Å². The van der Waals surface area contributed by atoms with Gasteiger partial charge in [0.1, 0.15) is 24.0 Å². The number of carbonyl (C=O) groups excluding carboxylic acids is 1. The first-order chi connectivity index (χ1) is 12.3. The van der Waals surface area contributed by atoms with E-state index in [4.69, 9.17) is 0 Å². The first-order valence-electron chi connectivity index (χ1n) is 7.97. The lowest BCUT2D eigenvalue weighted by molar-refractivity contribution is -0.378. The fourth-order valence-electron chi connectivity index (χ4n) is 2.91. The Labute approximate surface area is 144 Å². The number of hydrogen-bond donors (Lipinski definition) is 2. The summed E-state index contributed by atoms with van der Waals surface area (Å²) >= 11 is 0. The number of amides is 1. The molecular formula is C18H17N6O+. The summed E-state index contributed by atoms with van der Waals surface area (Å²) < 4.78 is 0. The van der Waals surface area contributed by atoms with Gasteiger partial charge in [-0.3, -0.25) is 4.79 Å². The van der Waals surface area contributed by atoms with Crippen molar-refractivity contribution in [1.82, 2.24) is 20.2 Å². The number of carbonyl (C=O) groups is 1. The summed E-state index contributed by atoms with van der Waals surface area (Å²) in [6.07, 6.45) is 15.3. The Bertz CT molecular complexity index is 860. The van der Waals surface area contributed by atoms with Gasteiger partial charge in [0.05, 0.1) is 5.70 Å². The molecule has 2 aromatic heterocycles. The van der Waals surface area contributed by atoms with Gasteiger partial charge in [-0.2, -0.15) is 0 Å². The summed E-state index contributed by atoms with van der Waals surface area (Å²) in [7, 11) is 0. The average Bonchev–Trinajstić information content (AvgIpc) is 3.02. The molecule has 7 heteroatoms. The minimum atomic E-state index is -0.220. The number of nitrogens with one attached hydrogen (secondary N) is 3. The summed E-state index contributed by atoms with van der Waals surface area (Å²) in [5.41, 5.74) is 2.56. The number of aromatic amines is 1. The Kier molecular flexibility index (Phi) is 3.96. The third kappa shape index (κ3) is 3.12. The zero-order chi connectivity index (χ0) is 17.1. The van der Waals surface area contributed by atoms with Gasteiger partial charge in [0.15, 0.2) is 12.4 Å². The highest BCUT2D eigenvalue weighted by atomic mass is 16.2. The molecule has 25 heavy (non-hydrogen) atoms. The third-order valence-electron chi connectivity index (χ3n) is 4.06. The van der Waals surface area contributed by atoms with E-state index in [9.17, 15) is 4.79 Å². The molecule has 0 bridgehead atoms. The number of anilines is 1. The SMILES string of the molecule is O=C(Nc1ccncn1)C1=C2C=CC=CN2C(Cc2cc[nH+]cc2)N1. The fraction of sp³-hybridized carbons (Fsp3) is 0.111. The molecule has 2 aliphatic rings. The van der Waals surface area contributed by atoms with Crippen LogP contribution in [0.4, 0.5) is 5.82 Å². The van der Waals surface area contributed by atoms with Crippen molar-refractivity contribution in [3.63, 3.8) is 0 Å². The van der Waals surface area contributed by atoms with Crippen LogP contribution in [0.1, 0.15) is 5.56 Å². The summed E-state index contributed by atoms with van der Waals surface area (Å²) in [5.74, 6) is 0.251. The van der Waals surface area contributed by atoms with E-state index in [-0.39, 0.29) is 12.1 Å². The van der Waals surface area contributed by atoms with Crippen LogP contribution in [0.15, 0.2) is 78.9 Å².